The molecule has 186 valence electrons. The number of piperidine rings is 1. The van der Waals surface area contributed by atoms with Gasteiger partial charge < -0.3 is 19.9 Å². The van der Waals surface area contributed by atoms with Crippen LogP contribution in [-0.2, 0) is 0 Å². The fraction of sp³-hybridized carbons (Fsp3) is 0.423. The summed E-state index contributed by atoms with van der Waals surface area (Å²) >= 11 is 4.96. The molecule has 2 aromatic heterocycles. The minimum Gasteiger partial charge on any atom is -0.494 e. The standard InChI is InChI=1S/C26H32BrN5O2S/c1-31(2)11-6-13-34-22-9-5-7-19(15-22)24-23(10-14-35-24)25(33)32-12-4-3-8-21(32)18-30-26-28-16-20(27)17-29-26/h5,7,9-10,14-17,21H,3-4,6,8,11-13,18H2,1-2H3,(H,28,29,30)/t21-/m0/s1. The molecule has 9 heteroatoms. The number of likely N-dealkylation sites (tertiary alicyclic amines) is 1. The van der Waals surface area contributed by atoms with Gasteiger partial charge in [0.2, 0.25) is 5.95 Å². The molecular formula is C26H32BrN5O2S. The Morgan fingerprint density at radius 2 is 2.09 bits per heavy atom. The van der Waals surface area contributed by atoms with Gasteiger partial charge in [0.15, 0.2) is 0 Å². The summed E-state index contributed by atoms with van der Waals surface area (Å²) in [6, 6.07) is 10.1. The Morgan fingerprint density at radius 3 is 2.89 bits per heavy atom. The van der Waals surface area contributed by atoms with Crippen LogP contribution in [0.2, 0.25) is 0 Å². The van der Waals surface area contributed by atoms with Gasteiger partial charge in [-0.25, -0.2) is 9.97 Å². The van der Waals surface area contributed by atoms with Crippen LogP contribution < -0.4 is 10.1 Å². The number of benzene rings is 1. The highest BCUT2D eigenvalue weighted by atomic mass is 79.9. The second-order valence-electron chi connectivity index (χ2n) is 8.95. The topological polar surface area (TPSA) is 70.6 Å². The highest BCUT2D eigenvalue weighted by Gasteiger charge is 2.29. The number of ether oxygens (including phenoxy) is 1. The van der Waals surface area contributed by atoms with E-state index < -0.39 is 0 Å². The van der Waals surface area contributed by atoms with E-state index in [1.165, 1.54) is 0 Å². The molecule has 0 unspecified atom stereocenters. The second-order valence-corrected chi connectivity index (χ2v) is 10.8. The lowest BCUT2D eigenvalue weighted by atomic mass is 10.00. The number of nitrogens with zero attached hydrogens (tertiary/aromatic N) is 4. The van der Waals surface area contributed by atoms with Crippen LogP contribution in [-0.4, -0.2) is 72.1 Å². The van der Waals surface area contributed by atoms with Gasteiger partial charge in [-0.1, -0.05) is 12.1 Å². The van der Waals surface area contributed by atoms with Gasteiger partial charge in [-0.15, -0.1) is 11.3 Å². The number of amides is 1. The number of carbonyl (C=O) groups is 1. The molecule has 1 aliphatic heterocycles. The van der Waals surface area contributed by atoms with Crippen LogP contribution >= 0.6 is 27.3 Å². The Labute approximate surface area is 219 Å². The van der Waals surface area contributed by atoms with Gasteiger partial charge in [0, 0.05) is 42.9 Å². The quantitative estimate of drug-likeness (QED) is 0.336. The first kappa shape index (κ1) is 25.6. The second kappa shape index (κ2) is 12.5. The predicted octanol–water partition coefficient (Wildman–Crippen LogP) is 5.40. The third kappa shape index (κ3) is 7.02. The molecule has 0 bridgehead atoms. The summed E-state index contributed by atoms with van der Waals surface area (Å²) in [6.07, 6.45) is 7.50. The van der Waals surface area contributed by atoms with E-state index in [9.17, 15) is 4.79 Å². The SMILES string of the molecule is CN(C)CCCOc1cccc(-c2sccc2C(=O)N2CCCC[C@H]2CNc2ncc(Br)cn2)c1. The molecule has 7 nitrogen and oxygen atoms in total. The molecule has 3 heterocycles. The molecule has 1 aromatic carbocycles. The van der Waals surface area contributed by atoms with Crippen LogP contribution in [0.4, 0.5) is 5.95 Å². The first-order valence-corrected chi connectivity index (χ1v) is 13.7. The largest absolute Gasteiger partial charge is 0.494 e. The van der Waals surface area contributed by atoms with Gasteiger partial charge in [-0.3, -0.25) is 4.79 Å². The van der Waals surface area contributed by atoms with E-state index in [0.29, 0.717) is 19.1 Å². The van der Waals surface area contributed by atoms with Crippen molar-refractivity contribution in [2.24, 2.45) is 0 Å². The maximum absolute atomic E-state index is 13.7. The fourth-order valence-electron chi connectivity index (χ4n) is 4.25. The summed E-state index contributed by atoms with van der Waals surface area (Å²) in [4.78, 5) is 27.5. The van der Waals surface area contributed by atoms with E-state index in [1.807, 2.05) is 34.5 Å². The molecule has 35 heavy (non-hydrogen) atoms. The van der Waals surface area contributed by atoms with Crippen LogP contribution in [0.1, 0.15) is 36.0 Å². The zero-order chi connectivity index (χ0) is 24.6. The monoisotopic (exact) mass is 557 g/mol. The Kier molecular flexibility index (Phi) is 9.12. The average molecular weight is 559 g/mol. The summed E-state index contributed by atoms with van der Waals surface area (Å²) < 4.78 is 6.81. The molecule has 1 atom stereocenters. The summed E-state index contributed by atoms with van der Waals surface area (Å²) in [5, 5.41) is 5.30. The summed E-state index contributed by atoms with van der Waals surface area (Å²) in [6.45, 7) is 3.05. The molecule has 0 spiro atoms. The van der Waals surface area contributed by atoms with Crippen molar-refractivity contribution in [2.45, 2.75) is 31.7 Å². The number of anilines is 1. The van der Waals surface area contributed by atoms with E-state index in [2.05, 4.69) is 56.3 Å². The predicted molar refractivity (Wildman–Crippen MR) is 145 cm³/mol. The Balaban J connectivity index is 1.45. The van der Waals surface area contributed by atoms with E-state index >= 15 is 0 Å². The van der Waals surface area contributed by atoms with Gasteiger partial charge in [0.05, 0.1) is 16.6 Å². The van der Waals surface area contributed by atoms with Crippen molar-refractivity contribution >= 4 is 39.1 Å². The van der Waals surface area contributed by atoms with Crippen molar-refractivity contribution in [2.75, 3.05) is 45.7 Å². The van der Waals surface area contributed by atoms with E-state index in [4.69, 9.17) is 4.74 Å². The molecule has 4 rings (SSSR count). The minimum absolute atomic E-state index is 0.0850. The highest BCUT2D eigenvalue weighted by Crippen LogP contribution is 2.34. The van der Waals surface area contributed by atoms with Gasteiger partial charge in [0.25, 0.3) is 5.91 Å². The Bertz CT molecular complexity index is 1110. The van der Waals surface area contributed by atoms with Crippen molar-refractivity contribution < 1.29 is 9.53 Å². The van der Waals surface area contributed by atoms with Crippen LogP contribution in [0.3, 0.4) is 0 Å². The molecule has 3 aromatic rings. The van der Waals surface area contributed by atoms with Crippen LogP contribution in [0.15, 0.2) is 52.6 Å². The number of halogens is 1. The Morgan fingerprint density at radius 1 is 1.26 bits per heavy atom. The Hall–Kier alpha value is -2.49. The zero-order valence-corrected chi connectivity index (χ0v) is 22.6. The van der Waals surface area contributed by atoms with Crippen molar-refractivity contribution in [3.8, 4) is 16.2 Å². The molecule has 0 aliphatic carbocycles. The number of rotatable bonds is 10. The van der Waals surface area contributed by atoms with Crippen molar-refractivity contribution in [3.05, 3.63) is 58.1 Å². The van der Waals surface area contributed by atoms with Crippen molar-refractivity contribution in [3.63, 3.8) is 0 Å². The van der Waals surface area contributed by atoms with Crippen molar-refractivity contribution in [1.82, 2.24) is 19.8 Å². The van der Waals surface area contributed by atoms with Gasteiger partial charge in [-0.2, -0.15) is 0 Å². The van der Waals surface area contributed by atoms with Crippen LogP contribution in [0, 0.1) is 0 Å². The smallest absolute Gasteiger partial charge is 0.255 e. The van der Waals surface area contributed by atoms with Gasteiger partial charge in [0.1, 0.15) is 5.75 Å². The number of aromatic nitrogens is 2. The van der Waals surface area contributed by atoms with Gasteiger partial charge >= 0.3 is 0 Å². The lowest BCUT2D eigenvalue weighted by Crippen LogP contribution is -2.47. The summed E-state index contributed by atoms with van der Waals surface area (Å²) in [5.74, 6) is 1.49. The molecule has 1 N–H and O–H groups in total. The first-order chi connectivity index (χ1) is 17.0. The number of carbonyl (C=O) groups excluding carboxylic acids is 1. The average Bonchev–Trinajstić information content (AvgIpc) is 3.36. The lowest BCUT2D eigenvalue weighted by molar-refractivity contribution is 0.0629. The number of hydrogen-bond donors (Lipinski definition) is 1. The first-order valence-electron chi connectivity index (χ1n) is 12.0. The fourth-order valence-corrected chi connectivity index (χ4v) is 5.34. The zero-order valence-electron chi connectivity index (χ0n) is 20.2. The third-order valence-corrected chi connectivity index (χ3v) is 7.39. The molecule has 0 radical (unpaired) electrons. The lowest BCUT2D eigenvalue weighted by Gasteiger charge is -2.36. The van der Waals surface area contributed by atoms with E-state index in [1.54, 1.807) is 23.7 Å². The van der Waals surface area contributed by atoms with E-state index in [-0.39, 0.29) is 11.9 Å². The summed E-state index contributed by atoms with van der Waals surface area (Å²) in [5.41, 5.74) is 1.77. The van der Waals surface area contributed by atoms with Gasteiger partial charge in [-0.05, 0) is 84.9 Å². The van der Waals surface area contributed by atoms with Crippen molar-refractivity contribution in [1.29, 1.82) is 0 Å². The van der Waals surface area contributed by atoms with Crippen LogP contribution in [0.5, 0.6) is 5.75 Å². The maximum atomic E-state index is 13.7. The molecule has 1 fully saturated rings. The molecule has 1 aliphatic rings. The van der Waals surface area contributed by atoms with Crippen LogP contribution in [0.25, 0.3) is 10.4 Å². The molecule has 1 saturated heterocycles. The maximum Gasteiger partial charge on any atom is 0.255 e. The number of nitrogens with one attached hydrogen (secondary N) is 1. The third-order valence-electron chi connectivity index (χ3n) is 6.01. The van der Waals surface area contributed by atoms with E-state index in [0.717, 1.165) is 65.0 Å². The summed E-state index contributed by atoms with van der Waals surface area (Å²) in [7, 11) is 4.13. The number of hydrogen-bond acceptors (Lipinski definition) is 7. The number of thiophene rings is 1. The molecule has 0 saturated carbocycles. The molecule has 1 amide bonds. The normalized spacial score (nSPS) is 15.9. The molecular weight excluding hydrogens is 526 g/mol. The minimum atomic E-state index is 0.0850. The highest BCUT2D eigenvalue weighted by molar-refractivity contribution is 9.10.